The maximum absolute atomic E-state index is 9.54. The molecule has 3 heterocycles. The first-order valence-electron chi connectivity index (χ1n) is 8.02. The molecule has 0 radical (unpaired) electrons. The second-order valence-corrected chi connectivity index (χ2v) is 6.99. The number of aryl methyl sites for hydroxylation is 1. The topological polar surface area (TPSA) is 54.2 Å². The largest absolute Gasteiger partial charge is 0.396 e. The van der Waals surface area contributed by atoms with Gasteiger partial charge in [0.15, 0.2) is 0 Å². The standard InChI is InChI=1S/C18H21ClN4O/c1-18(13-24)6-9-23(10-7-18)16-11-17(19)20-12-14(16)3-4-15-5-8-22(2)21-15/h5,8,11-12,24H,6-7,9-10,13H2,1-2H3. The molecule has 24 heavy (non-hydrogen) atoms. The molecular formula is C18H21ClN4O. The van der Waals surface area contributed by atoms with Crippen LogP contribution in [0.5, 0.6) is 0 Å². The van der Waals surface area contributed by atoms with Crippen LogP contribution in [0, 0.1) is 17.3 Å². The summed E-state index contributed by atoms with van der Waals surface area (Å²) in [7, 11) is 1.87. The Hall–Kier alpha value is -2.03. The SMILES string of the molecule is Cn1ccc(C#Cc2cnc(Cl)cc2N2CCC(C)(CO)CC2)n1. The highest BCUT2D eigenvalue weighted by molar-refractivity contribution is 6.29. The van der Waals surface area contributed by atoms with Crippen LogP contribution in [0.25, 0.3) is 0 Å². The normalized spacial score (nSPS) is 16.6. The van der Waals surface area contributed by atoms with E-state index in [1.165, 1.54) is 0 Å². The molecule has 3 rings (SSSR count). The number of hydrogen-bond donors (Lipinski definition) is 1. The smallest absolute Gasteiger partial charge is 0.135 e. The summed E-state index contributed by atoms with van der Waals surface area (Å²) in [6, 6.07) is 3.75. The third-order valence-electron chi connectivity index (χ3n) is 4.58. The maximum atomic E-state index is 9.54. The van der Waals surface area contributed by atoms with Gasteiger partial charge in [-0.25, -0.2) is 4.98 Å². The second kappa shape index (κ2) is 6.84. The van der Waals surface area contributed by atoms with Gasteiger partial charge in [-0.05, 0) is 30.2 Å². The van der Waals surface area contributed by atoms with Crippen LogP contribution in [-0.4, -0.2) is 39.6 Å². The zero-order chi connectivity index (χ0) is 17.2. The molecule has 2 aromatic rings. The molecule has 1 saturated heterocycles. The molecule has 6 heteroatoms. The Morgan fingerprint density at radius 2 is 2.08 bits per heavy atom. The fraction of sp³-hybridized carbons (Fsp3) is 0.444. The van der Waals surface area contributed by atoms with Crippen LogP contribution in [0.3, 0.4) is 0 Å². The summed E-state index contributed by atoms with van der Waals surface area (Å²) < 4.78 is 1.73. The van der Waals surface area contributed by atoms with E-state index in [0.717, 1.165) is 42.9 Å². The van der Waals surface area contributed by atoms with Crippen molar-refractivity contribution in [3.8, 4) is 11.8 Å². The minimum atomic E-state index is 0.00707. The molecule has 0 unspecified atom stereocenters. The van der Waals surface area contributed by atoms with Gasteiger partial charge in [-0.1, -0.05) is 24.4 Å². The van der Waals surface area contributed by atoms with Crippen LogP contribution in [0.15, 0.2) is 24.5 Å². The van der Waals surface area contributed by atoms with Crippen molar-refractivity contribution in [1.29, 1.82) is 0 Å². The average Bonchev–Trinajstić information content (AvgIpc) is 3.00. The van der Waals surface area contributed by atoms with Crippen molar-refractivity contribution in [3.63, 3.8) is 0 Å². The zero-order valence-electron chi connectivity index (χ0n) is 14.0. The molecular weight excluding hydrogens is 324 g/mol. The minimum absolute atomic E-state index is 0.00707. The number of anilines is 1. The number of halogens is 1. The van der Waals surface area contributed by atoms with Crippen LogP contribution < -0.4 is 4.90 Å². The lowest BCUT2D eigenvalue weighted by Crippen LogP contribution is -2.40. The predicted molar refractivity (Wildman–Crippen MR) is 95.1 cm³/mol. The lowest BCUT2D eigenvalue weighted by atomic mass is 9.81. The van der Waals surface area contributed by atoms with Crippen molar-refractivity contribution >= 4 is 17.3 Å². The number of rotatable bonds is 2. The summed E-state index contributed by atoms with van der Waals surface area (Å²) in [4.78, 5) is 6.44. The summed E-state index contributed by atoms with van der Waals surface area (Å²) in [6.07, 6.45) is 5.46. The van der Waals surface area contributed by atoms with E-state index in [0.29, 0.717) is 5.15 Å². The predicted octanol–water partition coefficient (Wildman–Crippen LogP) is 2.47. The van der Waals surface area contributed by atoms with Crippen LogP contribution in [0.4, 0.5) is 5.69 Å². The van der Waals surface area contributed by atoms with Crippen molar-refractivity contribution in [3.05, 3.63) is 40.9 Å². The van der Waals surface area contributed by atoms with Gasteiger partial charge in [0.2, 0.25) is 0 Å². The zero-order valence-corrected chi connectivity index (χ0v) is 14.7. The van der Waals surface area contributed by atoms with Crippen LogP contribution in [-0.2, 0) is 7.05 Å². The van der Waals surface area contributed by atoms with E-state index in [9.17, 15) is 5.11 Å². The fourth-order valence-corrected chi connectivity index (χ4v) is 2.99. The minimum Gasteiger partial charge on any atom is -0.396 e. The first kappa shape index (κ1) is 16.8. The molecule has 1 aliphatic rings. The summed E-state index contributed by atoms with van der Waals surface area (Å²) in [5, 5.41) is 14.3. The van der Waals surface area contributed by atoms with Gasteiger partial charge in [0.05, 0.1) is 11.3 Å². The Morgan fingerprint density at radius 3 is 2.71 bits per heavy atom. The van der Waals surface area contributed by atoms with Crippen molar-refractivity contribution in [2.75, 3.05) is 24.6 Å². The molecule has 0 aromatic carbocycles. The Morgan fingerprint density at radius 1 is 1.33 bits per heavy atom. The molecule has 1 N–H and O–H groups in total. The summed E-state index contributed by atoms with van der Waals surface area (Å²) >= 11 is 6.10. The highest BCUT2D eigenvalue weighted by atomic mass is 35.5. The highest BCUT2D eigenvalue weighted by Gasteiger charge is 2.30. The number of aliphatic hydroxyl groups is 1. The highest BCUT2D eigenvalue weighted by Crippen LogP contribution is 2.34. The van der Waals surface area contributed by atoms with E-state index in [1.807, 2.05) is 25.4 Å². The average molecular weight is 345 g/mol. The lowest BCUT2D eigenvalue weighted by Gasteiger charge is -2.39. The number of pyridine rings is 1. The Kier molecular flexibility index (Phi) is 4.79. The van der Waals surface area contributed by atoms with Gasteiger partial charge in [0.1, 0.15) is 10.8 Å². The maximum Gasteiger partial charge on any atom is 0.135 e. The van der Waals surface area contributed by atoms with Crippen LogP contribution in [0.2, 0.25) is 5.15 Å². The summed E-state index contributed by atoms with van der Waals surface area (Å²) in [5.74, 6) is 6.24. The Labute approximate surface area is 147 Å². The quantitative estimate of drug-likeness (QED) is 0.671. The van der Waals surface area contributed by atoms with Crippen LogP contribution >= 0.6 is 11.6 Å². The molecule has 0 saturated carbocycles. The molecule has 0 spiro atoms. The number of nitrogens with zero attached hydrogens (tertiary/aromatic N) is 4. The van der Waals surface area contributed by atoms with Crippen molar-refractivity contribution in [2.24, 2.45) is 12.5 Å². The van der Waals surface area contributed by atoms with E-state index in [1.54, 1.807) is 10.9 Å². The Bertz CT molecular complexity index is 782. The van der Waals surface area contributed by atoms with Gasteiger partial charge in [0.25, 0.3) is 0 Å². The van der Waals surface area contributed by atoms with Gasteiger partial charge in [-0.15, -0.1) is 0 Å². The van der Waals surface area contributed by atoms with Gasteiger partial charge in [0, 0.05) is 45.2 Å². The molecule has 1 aliphatic heterocycles. The van der Waals surface area contributed by atoms with Crippen molar-refractivity contribution in [2.45, 2.75) is 19.8 Å². The molecule has 0 atom stereocenters. The molecule has 0 bridgehead atoms. The molecule has 5 nitrogen and oxygen atoms in total. The second-order valence-electron chi connectivity index (χ2n) is 6.60. The van der Waals surface area contributed by atoms with E-state index in [2.05, 4.69) is 33.7 Å². The fourth-order valence-electron chi connectivity index (χ4n) is 2.84. The summed E-state index contributed by atoms with van der Waals surface area (Å²) in [5.41, 5.74) is 2.58. The number of aliphatic hydroxyl groups excluding tert-OH is 1. The van der Waals surface area contributed by atoms with Crippen molar-refractivity contribution in [1.82, 2.24) is 14.8 Å². The first-order chi connectivity index (χ1) is 11.5. The lowest BCUT2D eigenvalue weighted by molar-refractivity contribution is 0.115. The number of hydrogen-bond acceptors (Lipinski definition) is 4. The van der Waals surface area contributed by atoms with E-state index >= 15 is 0 Å². The third-order valence-corrected chi connectivity index (χ3v) is 4.79. The first-order valence-corrected chi connectivity index (χ1v) is 8.40. The molecule has 1 fully saturated rings. The van der Waals surface area contributed by atoms with Gasteiger partial charge >= 0.3 is 0 Å². The molecule has 0 aliphatic carbocycles. The van der Waals surface area contributed by atoms with Crippen molar-refractivity contribution < 1.29 is 5.11 Å². The van der Waals surface area contributed by atoms with Crippen LogP contribution in [0.1, 0.15) is 31.0 Å². The van der Waals surface area contributed by atoms with E-state index in [4.69, 9.17) is 11.6 Å². The van der Waals surface area contributed by atoms with E-state index in [-0.39, 0.29) is 12.0 Å². The third kappa shape index (κ3) is 3.72. The Balaban J connectivity index is 1.86. The van der Waals surface area contributed by atoms with Gasteiger partial charge < -0.3 is 10.0 Å². The van der Waals surface area contributed by atoms with E-state index < -0.39 is 0 Å². The van der Waals surface area contributed by atoms with Gasteiger partial charge in [-0.3, -0.25) is 4.68 Å². The number of aromatic nitrogens is 3. The molecule has 2 aromatic heterocycles. The number of piperidine rings is 1. The summed E-state index contributed by atoms with van der Waals surface area (Å²) in [6.45, 7) is 4.10. The molecule has 0 amide bonds. The monoisotopic (exact) mass is 344 g/mol. The molecule has 126 valence electrons. The van der Waals surface area contributed by atoms with Gasteiger partial charge in [-0.2, -0.15) is 5.10 Å².